The summed E-state index contributed by atoms with van der Waals surface area (Å²) < 4.78 is 37.2. The summed E-state index contributed by atoms with van der Waals surface area (Å²) in [5.74, 6) is -1.53. The maximum atomic E-state index is 12.4. The maximum absolute atomic E-state index is 12.4. The molecule has 16 heavy (non-hydrogen) atoms. The fourth-order valence-corrected chi connectivity index (χ4v) is 1.22. The van der Waals surface area contributed by atoms with Crippen molar-refractivity contribution in [2.45, 2.75) is 13.1 Å². The number of carbonyl (C=O) groups is 1. The molecule has 84 valence electrons. The molecule has 0 atom stereocenters. The van der Waals surface area contributed by atoms with Crippen LogP contribution in [0.15, 0.2) is 12.1 Å². The van der Waals surface area contributed by atoms with E-state index in [4.69, 9.17) is 5.26 Å². The van der Waals surface area contributed by atoms with Crippen LogP contribution in [0.25, 0.3) is 0 Å². The van der Waals surface area contributed by atoms with Gasteiger partial charge in [0.1, 0.15) is 17.4 Å². The number of hydrogen-bond acceptors (Lipinski definition) is 3. The summed E-state index contributed by atoms with van der Waals surface area (Å²) >= 11 is 0. The number of nitriles is 1. The van der Waals surface area contributed by atoms with Crippen molar-refractivity contribution in [3.05, 3.63) is 28.8 Å². The Labute approximate surface area is 88.7 Å². The van der Waals surface area contributed by atoms with Crippen LogP contribution in [-0.2, 0) is 6.18 Å². The van der Waals surface area contributed by atoms with Crippen LogP contribution in [0.1, 0.15) is 28.4 Å². The van der Waals surface area contributed by atoms with Gasteiger partial charge >= 0.3 is 6.18 Å². The van der Waals surface area contributed by atoms with Gasteiger partial charge in [0.05, 0.1) is 11.1 Å². The van der Waals surface area contributed by atoms with Crippen molar-refractivity contribution in [1.29, 1.82) is 5.26 Å². The quantitative estimate of drug-likeness (QED) is 0.752. The molecular formula is C10H6F3NO2. The Kier molecular flexibility index (Phi) is 2.90. The number of alkyl halides is 3. The number of carbonyl (C=O) groups excluding carboxylic acids is 1. The van der Waals surface area contributed by atoms with Crippen molar-refractivity contribution < 1.29 is 23.1 Å². The van der Waals surface area contributed by atoms with E-state index in [1.165, 1.54) is 6.07 Å². The first-order valence-corrected chi connectivity index (χ1v) is 4.13. The van der Waals surface area contributed by atoms with Gasteiger partial charge in [0.25, 0.3) is 0 Å². The molecule has 1 rings (SSSR count). The number of phenolic OH excluding ortho intramolecular Hbond substituents is 1. The van der Waals surface area contributed by atoms with Gasteiger partial charge in [0.2, 0.25) is 0 Å². The molecule has 1 aromatic carbocycles. The van der Waals surface area contributed by atoms with Crippen molar-refractivity contribution in [3.8, 4) is 11.8 Å². The highest BCUT2D eigenvalue weighted by molar-refractivity contribution is 5.97. The molecule has 0 bridgehead atoms. The Morgan fingerprint density at radius 3 is 2.38 bits per heavy atom. The second kappa shape index (κ2) is 3.85. The largest absolute Gasteiger partial charge is 0.506 e. The fourth-order valence-electron chi connectivity index (χ4n) is 1.22. The van der Waals surface area contributed by atoms with Crippen LogP contribution in [-0.4, -0.2) is 10.9 Å². The number of Topliss-reactive ketones (excluding diaryl/α,β-unsaturated/α-hetero) is 1. The Morgan fingerprint density at radius 2 is 2.00 bits per heavy atom. The predicted octanol–water partition coefficient (Wildman–Crippen LogP) is 2.49. The molecule has 0 spiro atoms. The van der Waals surface area contributed by atoms with Crippen molar-refractivity contribution in [3.63, 3.8) is 0 Å². The highest BCUT2D eigenvalue weighted by atomic mass is 19.4. The molecule has 0 unspecified atom stereocenters. The molecule has 0 heterocycles. The third-order valence-electron chi connectivity index (χ3n) is 1.97. The van der Waals surface area contributed by atoms with Crippen molar-refractivity contribution in [1.82, 2.24) is 0 Å². The van der Waals surface area contributed by atoms with Crippen LogP contribution < -0.4 is 0 Å². The van der Waals surface area contributed by atoms with E-state index < -0.39 is 28.8 Å². The maximum Gasteiger partial charge on any atom is 0.417 e. The summed E-state index contributed by atoms with van der Waals surface area (Å²) in [6.07, 6.45) is -4.74. The normalized spacial score (nSPS) is 10.9. The number of halogens is 3. The minimum atomic E-state index is -4.74. The summed E-state index contributed by atoms with van der Waals surface area (Å²) in [5, 5.41) is 17.9. The molecule has 0 saturated heterocycles. The van der Waals surface area contributed by atoms with Gasteiger partial charge in [-0.2, -0.15) is 18.4 Å². The highest BCUT2D eigenvalue weighted by Crippen LogP contribution is 2.36. The topological polar surface area (TPSA) is 61.1 Å². The lowest BCUT2D eigenvalue weighted by atomic mass is 10.0. The zero-order valence-electron chi connectivity index (χ0n) is 8.09. The number of benzene rings is 1. The van der Waals surface area contributed by atoms with Gasteiger partial charge in [-0.05, 0) is 19.1 Å². The van der Waals surface area contributed by atoms with E-state index in [2.05, 4.69) is 0 Å². The first kappa shape index (κ1) is 12.0. The van der Waals surface area contributed by atoms with E-state index in [0.29, 0.717) is 6.07 Å². The Morgan fingerprint density at radius 1 is 1.44 bits per heavy atom. The van der Waals surface area contributed by atoms with Crippen molar-refractivity contribution >= 4 is 5.78 Å². The monoisotopic (exact) mass is 229 g/mol. The van der Waals surface area contributed by atoms with E-state index in [9.17, 15) is 23.1 Å². The number of ketones is 1. The predicted molar refractivity (Wildman–Crippen MR) is 47.8 cm³/mol. The fraction of sp³-hybridized carbons (Fsp3) is 0.200. The molecule has 0 aliphatic carbocycles. The first-order chi connectivity index (χ1) is 7.29. The zero-order valence-corrected chi connectivity index (χ0v) is 8.09. The SMILES string of the molecule is CC(=O)c1ccc(C(F)(F)F)c(C#N)c1O. The van der Waals surface area contributed by atoms with Crippen LogP contribution in [0.4, 0.5) is 13.2 Å². The Balaban J connectivity index is 3.56. The van der Waals surface area contributed by atoms with Crippen LogP contribution in [0.3, 0.4) is 0 Å². The zero-order chi connectivity index (χ0) is 12.5. The Hall–Kier alpha value is -2.03. The van der Waals surface area contributed by atoms with E-state index >= 15 is 0 Å². The van der Waals surface area contributed by atoms with Gasteiger partial charge in [-0.15, -0.1) is 0 Å². The minimum Gasteiger partial charge on any atom is -0.506 e. The number of phenols is 1. The molecule has 0 aromatic heterocycles. The molecule has 0 radical (unpaired) electrons. The summed E-state index contributed by atoms with van der Waals surface area (Å²) in [6, 6.07) is 2.70. The molecule has 3 nitrogen and oxygen atoms in total. The molecule has 0 saturated carbocycles. The van der Waals surface area contributed by atoms with E-state index in [1.807, 2.05) is 0 Å². The molecular weight excluding hydrogens is 223 g/mol. The molecule has 0 amide bonds. The summed E-state index contributed by atoms with van der Waals surface area (Å²) in [5.41, 5.74) is -2.48. The average Bonchev–Trinajstić information content (AvgIpc) is 2.15. The molecule has 1 aromatic rings. The summed E-state index contributed by atoms with van der Waals surface area (Å²) in [6.45, 7) is 1.09. The van der Waals surface area contributed by atoms with Gasteiger partial charge in [0.15, 0.2) is 5.78 Å². The van der Waals surface area contributed by atoms with Crippen LogP contribution >= 0.6 is 0 Å². The standard InChI is InChI=1S/C10H6F3NO2/c1-5(15)6-2-3-8(10(11,12)13)7(4-14)9(6)16/h2-3,16H,1H3. The Bertz CT molecular complexity index is 486. The van der Waals surface area contributed by atoms with Gasteiger partial charge < -0.3 is 5.11 Å². The molecule has 1 N–H and O–H groups in total. The second-order valence-electron chi connectivity index (χ2n) is 3.05. The second-order valence-corrected chi connectivity index (χ2v) is 3.05. The third-order valence-corrected chi connectivity index (χ3v) is 1.97. The van der Waals surface area contributed by atoms with Crippen LogP contribution in [0, 0.1) is 11.3 Å². The van der Waals surface area contributed by atoms with Gasteiger partial charge in [0, 0.05) is 0 Å². The van der Waals surface area contributed by atoms with Gasteiger partial charge in [-0.25, -0.2) is 0 Å². The van der Waals surface area contributed by atoms with E-state index in [0.717, 1.165) is 13.0 Å². The van der Waals surface area contributed by atoms with Gasteiger partial charge in [-0.1, -0.05) is 0 Å². The average molecular weight is 229 g/mol. The van der Waals surface area contributed by atoms with Gasteiger partial charge in [-0.3, -0.25) is 4.79 Å². The molecule has 0 aliphatic heterocycles. The lowest BCUT2D eigenvalue weighted by Gasteiger charge is -2.11. The number of aromatic hydroxyl groups is 1. The van der Waals surface area contributed by atoms with E-state index in [1.54, 1.807) is 0 Å². The van der Waals surface area contributed by atoms with Crippen LogP contribution in [0.5, 0.6) is 5.75 Å². The van der Waals surface area contributed by atoms with Crippen LogP contribution in [0.2, 0.25) is 0 Å². The lowest BCUT2D eigenvalue weighted by molar-refractivity contribution is -0.137. The molecule has 0 aliphatic rings. The lowest BCUT2D eigenvalue weighted by Crippen LogP contribution is -2.09. The number of nitrogens with zero attached hydrogens (tertiary/aromatic N) is 1. The first-order valence-electron chi connectivity index (χ1n) is 4.13. The smallest absolute Gasteiger partial charge is 0.417 e. The third kappa shape index (κ3) is 1.98. The summed E-state index contributed by atoms with van der Waals surface area (Å²) in [7, 11) is 0. The number of hydrogen-bond donors (Lipinski definition) is 1. The van der Waals surface area contributed by atoms with Crippen molar-refractivity contribution in [2.24, 2.45) is 0 Å². The van der Waals surface area contributed by atoms with E-state index in [-0.39, 0.29) is 5.56 Å². The summed E-state index contributed by atoms with van der Waals surface area (Å²) in [4.78, 5) is 10.9. The molecule has 6 heteroatoms. The van der Waals surface area contributed by atoms with Crippen molar-refractivity contribution in [2.75, 3.05) is 0 Å². The number of rotatable bonds is 1. The highest BCUT2D eigenvalue weighted by Gasteiger charge is 2.35. The molecule has 0 fully saturated rings. The minimum absolute atomic E-state index is 0.301.